The predicted octanol–water partition coefficient (Wildman–Crippen LogP) is 3.76. The fourth-order valence-electron chi connectivity index (χ4n) is 1.18. The summed E-state index contributed by atoms with van der Waals surface area (Å²) in [5, 5.41) is 0. The summed E-state index contributed by atoms with van der Waals surface area (Å²) in [6.45, 7) is 0. The zero-order valence-corrected chi connectivity index (χ0v) is 12.0. The minimum atomic E-state index is -0.629. The number of benzene rings is 2. The van der Waals surface area contributed by atoms with Crippen molar-refractivity contribution in [2.24, 2.45) is 0 Å². The zero-order chi connectivity index (χ0) is 13.4. The van der Waals surface area contributed by atoms with E-state index in [-0.39, 0.29) is 25.8 Å². The summed E-state index contributed by atoms with van der Waals surface area (Å²) in [6.07, 6.45) is 0. The van der Waals surface area contributed by atoms with Crippen molar-refractivity contribution in [1.29, 1.82) is 0 Å². The first-order valence-electron chi connectivity index (χ1n) is 5.23. The molecule has 0 aromatic heterocycles. The molecule has 2 rings (SSSR count). The topological polar surface area (TPSA) is 81.7 Å². The molecule has 95 valence electrons. The fraction of sp³-hybridized carbons (Fsp3) is 0. The van der Waals surface area contributed by atoms with Crippen molar-refractivity contribution in [2.75, 3.05) is 0 Å². The van der Waals surface area contributed by atoms with E-state index in [1.807, 2.05) is 12.1 Å². The Balaban J connectivity index is 0.000000324. The van der Waals surface area contributed by atoms with Gasteiger partial charge >= 0.3 is 0 Å². The van der Waals surface area contributed by atoms with Gasteiger partial charge in [0.25, 0.3) is 0 Å². The number of hydrogen-bond donors (Lipinski definition) is 0. The molecule has 1 radical (unpaired) electrons. The van der Waals surface area contributed by atoms with E-state index < -0.39 is 11.8 Å². The summed E-state index contributed by atoms with van der Waals surface area (Å²) in [6, 6.07) is 17.1. The molecule has 0 aliphatic heterocycles. The molecule has 0 saturated heterocycles. The molecule has 0 aliphatic carbocycles. The molecule has 0 atom stereocenters. The van der Waals surface area contributed by atoms with Crippen molar-refractivity contribution >= 4 is 11.8 Å². The standard InChI is InChI=1S/2C7H7NO.Sc/c2*8-7(9)6-4-2-1-3-5-6;/h2*1-5H,(H2,8,9);/p-2. The van der Waals surface area contributed by atoms with Crippen LogP contribution in [0.15, 0.2) is 60.7 Å². The Morgan fingerprint density at radius 3 is 1.05 bits per heavy atom. The Labute approximate surface area is 130 Å². The van der Waals surface area contributed by atoms with E-state index in [1.165, 1.54) is 0 Å². The molecule has 0 heterocycles. The molecule has 2 aromatic rings. The number of carbonyl (C=O) groups excluding carboxylic acids is 2. The molecular formula is C14H12N2O2Sc-2. The monoisotopic (exact) mass is 285 g/mol. The van der Waals surface area contributed by atoms with Crippen LogP contribution < -0.4 is 0 Å². The van der Waals surface area contributed by atoms with Crippen molar-refractivity contribution in [1.82, 2.24) is 0 Å². The predicted molar refractivity (Wildman–Crippen MR) is 70.2 cm³/mol. The van der Waals surface area contributed by atoms with Gasteiger partial charge in [0.05, 0.1) is 11.8 Å². The third-order valence-corrected chi connectivity index (χ3v) is 2.07. The summed E-state index contributed by atoms with van der Waals surface area (Å²) in [7, 11) is 0. The molecule has 0 fully saturated rings. The normalized spacial score (nSPS) is 8.42. The first-order chi connectivity index (χ1) is 8.61. The van der Waals surface area contributed by atoms with Gasteiger partial charge in [0, 0.05) is 25.8 Å². The number of nitrogens with one attached hydrogen (secondary N) is 2. The second kappa shape index (κ2) is 9.22. The summed E-state index contributed by atoms with van der Waals surface area (Å²) >= 11 is 0. The van der Waals surface area contributed by atoms with Crippen LogP contribution in [0.2, 0.25) is 0 Å². The number of carbonyl (C=O) groups is 2. The number of amides is 2. The maximum Gasteiger partial charge on any atom is 0.0796 e. The van der Waals surface area contributed by atoms with Gasteiger partial charge in [-0.25, -0.2) is 0 Å². The van der Waals surface area contributed by atoms with Gasteiger partial charge in [-0.05, 0) is 11.1 Å². The first kappa shape index (κ1) is 17.3. The van der Waals surface area contributed by atoms with Gasteiger partial charge in [-0.2, -0.15) is 0 Å². The van der Waals surface area contributed by atoms with E-state index in [0.717, 1.165) is 0 Å². The van der Waals surface area contributed by atoms with Gasteiger partial charge in [0.15, 0.2) is 0 Å². The van der Waals surface area contributed by atoms with E-state index in [0.29, 0.717) is 11.1 Å². The SMILES string of the molecule is [NH-]C(=O)c1ccccc1.[NH-]C(=O)c1ccccc1.[Sc]. The Morgan fingerprint density at radius 2 is 0.895 bits per heavy atom. The maximum atomic E-state index is 10.3. The minimum absolute atomic E-state index is 0. The van der Waals surface area contributed by atoms with Crippen molar-refractivity contribution in [3.63, 3.8) is 0 Å². The van der Waals surface area contributed by atoms with E-state index in [1.54, 1.807) is 48.5 Å². The van der Waals surface area contributed by atoms with Crippen LogP contribution in [0.25, 0.3) is 11.5 Å². The molecule has 0 aliphatic rings. The Morgan fingerprint density at radius 1 is 0.632 bits per heavy atom. The van der Waals surface area contributed by atoms with Crippen LogP contribution in [-0.2, 0) is 25.8 Å². The maximum absolute atomic E-state index is 10.3. The molecular weight excluding hydrogens is 273 g/mol. The minimum Gasteiger partial charge on any atom is -0.664 e. The van der Waals surface area contributed by atoms with Gasteiger partial charge in [0.1, 0.15) is 0 Å². The third kappa shape index (κ3) is 6.67. The molecule has 2 N–H and O–H groups in total. The van der Waals surface area contributed by atoms with Crippen LogP contribution in [0.3, 0.4) is 0 Å². The van der Waals surface area contributed by atoms with Crippen LogP contribution in [0.4, 0.5) is 0 Å². The average Bonchev–Trinajstić information content (AvgIpc) is 2.41. The summed E-state index contributed by atoms with van der Waals surface area (Å²) in [4.78, 5) is 20.6. The van der Waals surface area contributed by atoms with E-state index in [4.69, 9.17) is 11.5 Å². The Hall–Kier alpha value is -1.75. The van der Waals surface area contributed by atoms with Crippen molar-refractivity contribution in [3.05, 3.63) is 83.3 Å². The van der Waals surface area contributed by atoms with Gasteiger partial charge < -0.3 is 21.1 Å². The molecule has 0 spiro atoms. The first-order valence-corrected chi connectivity index (χ1v) is 5.23. The number of hydrogen-bond acceptors (Lipinski definition) is 2. The summed E-state index contributed by atoms with van der Waals surface area (Å²) in [5.41, 5.74) is 14.2. The average molecular weight is 285 g/mol. The van der Waals surface area contributed by atoms with Gasteiger partial charge in [-0.1, -0.05) is 60.7 Å². The molecule has 4 nitrogen and oxygen atoms in total. The number of rotatable bonds is 2. The van der Waals surface area contributed by atoms with Crippen molar-refractivity contribution in [2.45, 2.75) is 0 Å². The summed E-state index contributed by atoms with van der Waals surface area (Å²) in [5.74, 6) is -1.26. The van der Waals surface area contributed by atoms with Crippen molar-refractivity contribution in [3.8, 4) is 0 Å². The Bertz CT molecular complexity index is 466. The largest absolute Gasteiger partial charge is 0.664 e. The third-order valence-electron chi connectivity index (χ3n) is 2.07. The fourth-order valence-corrected chi connectivity index (χ4v) is 1.18. The van der Waals surface area contributed by atoms with E-state index in [9.17, 15) is 9.59 Å². The smallest absolute Gasteiger partial charge is 0.0796 e. The van der Waals surface area contributed by atoms with Crippen LogP contribution in [-0.4, -0.2) is 11.8 Å². The van der Waals surface area contributed by atoms with Gasteiger partial charge in [-0.15, -0.1) is 0 Å². The van der Waals surface area contributed by atoms with E-state index in [2.05, 4.69) is 0 Å². The molecule has 2 aromatic carbocycles. The van der Waals surface area contributed by atoms with Crippen molar-refractivity contribution < 1.29 is 35.4 Å². The van der Waals surface area contributed by atoms with Crippen LogP contribution in [0, 0.1) is 0 Å². The second-order valence-corrected chi connectivity index (χ2v) is 3.39. The Kier molecular flexibility index (Phi) is 8.37. The van der Waals surface area contributed by atoms with Gasteiger partial charge in [0.2, 0.25) is 0 Å². The molecule has 19 heavy (non-hydrogen) atoms. The second-order valence-electron chi connectivity index (χ2n) is 3.39. The zero-order valence-electron chi connectivity index (χ0n) is 10.2. The van der Waals surface area contributed by atoms with Crippen LogP contribution >= 0.6 is 0 Å². The summed E-state index contributed by atoms with van der Waals surface area (Å²) < 4.78 is 0. The van der Waals surface area contributed by atoms with Crippen LogP contribution in [0.5, 0.6) is 0 Å². The molecule has 0 bridgehead atoms. The molecule has 0 saturated carbocycles. The van der Waals surface area contributed by atoms with Crippen LogP contribution in [0.1, 0.15) is 20.7 Å². The molecule has 2 amide bonds. The quantitative estimate of drug-likeness (QED) is 0.841. The molecule has 5 heteroatoms. The molecule has 0 unspecified atom stereocenters. The van der Waals surface area contributed by atoms with Gasteiger partial charge in [-0.3, -0.25) is 0 Å². The van der Waals surface area contributed by atoms with E-state index >= 15 is 0 Å².